The molecule has 1 atom stereocenters. The van der Waals surface area contributed by atoms with Crippen molar-refractivity contribution in [1.82, 2.24) is 0 Å². The number of nitrogens with one attached hydrogen (secondary N) is 1. The third kappa shape index (κ3) is 2.56. The van der Waals surface area contributed by atoms with Crippen LogP contribution in [0.25, 0.3) is 0 Å². The summed E-state index contributed by atoms with van der Waals surface area (Å²) in [7, 11) is 1.93. The van der Waals surface area contributed by atoms with E-state index in [0.717, 1.165) is 5.69 Å². The number of fused-ring (bicyclic) bond motifs is 1. The lowest BCUT2D eigenvalue weighted by Gasteiger charge is -2.19. The zero-order valence-corrected chi connectivity index (χ0v) is 12.0. The van der Waals surface area contributed by atoms with Crippen LogP contribution in [0.2, 0.25) is 0 Å². The first-order valence-corrected chi connectivity index (χ1v) is 7.43. The van der Waals surface area contributed by atoms with E-state index in [2.05, 4.69) is 47.8 Å². The molecule has 0 aromatic heterocycles. The summed E-state index contributed by atoms with van der Waals surface area (Å²) in [4.78, 5) is 0. The molecule has 0 radical (unpaired) electrons. The molecule has 1 aliphatic rings. The van der Waals surface area contributed by atoms with E-state index in [4.69, 9.17) is 5.73 Å². The fourth-order valence-electron chi connectivity index (χ4n) is 3.00. The number of aryl methyl sites for hydroxylation is 2. The predicted molar refractivity (Wildman–Crippen MR) is 85.1 cm³/mol. The minimum absolute atomic E-state index is 0.0341. The lowest BCUT2D eigenvalue weighted by Crippen LogP contribution is -2.13. The lowest BCUT2D eigenvalue weighted by atomic mass is 9.88. The first-order valence-electron chi connectivity index (χ1n) is 7.43. The molecule has 0 amide bonds. The molecule has 20 heavy (non-hydrogen) atoms. The summed E-state index contributed by atoms with van der Waals surface area (Å²) in [5.74, 6) is 0. The number of rotatable bonds is 3. The van der Waals surface area contributed by atoms with Crippen LogP contribution in [0, 0.1) is 0 Å². The molecule has 1 aliphatic carbocycles. The molecule has 1 unspecified atom stereocenters. The largest absolute Gasteiger partial charge is 0.388 e. The zero-order valence-electron chi connectivity index (χ0n) is 12.0. The molecular formula is C18H22N2. The Kier molecular flexibility index (Phi) is 3.75. The summed E-state index contributed by atoms with van der Waals surface area (Å²) >= 11 is 0. The van der Waals surface area contributed by atoms with Crippen LogP contribution in [0.4, 0.5) is 5.69 Å². The van der Waals surface area contributed by atoms with E-state index in [1.807, 2.05) is 7.05 Å². The molecule has 0 fully saturated rings. The Bertz CT molecular complexity index is 587. The van der Waals surface area contributed by atoms with E-state index in [-0.39, 0.29) is 6.04 Å². The van der Waals surface area contributed by atoms with Crippen molar-refractivity contribution in [2.45, 2.75) is 31.7 Å². The van der Waals surface area contributed by atoms with E-state index in [0.29, 0.717) is 0 Å². The SMILES string of the molecule is CNc1ccc(C(N)c2ccc3c(c2)CCCC3)cc1. The highest BCUT2D eigenvalue weighted by Crippen LogP contribution is 2.27. The van der Waals surface area contributed by atoms with Crippen molar-refractivity contribution < 1.29 is 0 Å². The Hall–Kier alpha value is -1.80. The van der Waals surface area contributed by atoms with Crippen LogP contribution in [0.5, 0.6) is 0 Å². The van der Waals surface area contributed by atoms with Crippen molar-refractivity contribution in [2.24, 2.45) is 5.73 Å². The minimum Gasteiger partial charge on any atom is -0.388 e. The molecule has 0 saturated heterocycles. The van der Waals surface area contributed by atoms with Crippen molar-refractivity contribution in [1.29, 1.82) is 0 Å². The topological polar surface area (TPSA) is 38.0 Å². The molecule has 0 spiro atoms. The molecule has 3 N–H and O–H groups in total. The van der Waals surface area contributed by atoms with Gasteiger partial charge in [0.05, 0.1) is 6.04 Å². The molecule has 0 heterocycles. The smallest absolute Gasteiger partial charge is 0.0551 e. The lowest BCUT2D eigenvalue weighted by molar-refractivity contribution is 0.682. The summed E-state index contributed by atoms with van der Waals surface area (Å²) in [5, 5.41) is 3.13. The van der Waals surface area contributed by atoms with Crippen LogP contribution in [-0.2, 0) is 12.8 Å². The van der Waals surface area contributed by atoms with Gasteiger partial charge in [-0.1, -0.05) is 30.3 Å². The van der Waals surface area contributed by atoms with Crippen LogP contribution in [-0.4, -0.2) is 7.05 Å². The maximum Gasteiger partial charge on any atom is 0.0551 e. The van der Waals surface area contributed by atoms with Crippen LogP contribution in [0.3, 0.4) is 0 Å². The Balaban J connectivity index is 1.87. The van der Waals surface area contributed by atoms with Crippen molar-refractivity contribution in [2.75, 3.05) is 12.4 Å². The Morgan fingerprint density at radius 1 is 0.900 bits per heavy atom. The molecule has 3 rings (SSSR count). The standard InChI is InChI=1S/C18H22N2/c1-20-17-10-8-14(9-11-17)18(19)16-7-6-13-4-2-3-5-15(13)12-16/h6-12,18,20H,2-5,19H2,1H3. The summed E-state index contributed by atoms with van der Waals surface area (Å²) < 4.78 is 0. The van der Waals surface area contributed by atoms with Gasteiger partial charge in [-0.15, -0.1) is 0 Å². The third-order valence-electron chi connectivity index (χ3n) is 4.29. The van der Waals surface area contributed by atoms with Gasteiger partial charge in [0.25, 0.3) is 0 Å². The summed E-state index contributed by atoms with van der Waals surface area (Å²) in [6.45, 7) is 0. The van der Waals surface area contributed by atoms with Gasteiger partial charge in [-0.25, -0.2) is 0 Å². The second kappa shape index (κ2) is 5.68. The molecule has 104 valence electrons. The Labute approximate surface area is 121 Å². The van der Waals surface area contributed by atoms with Crippen LogP contribution >= 0.6 is 0 Å². The van der Waals surface area contributed by atoms with Gasteiger partial charge in [0.1, 0.15) is 0 Å². The predicted octanol–water partition coefficient (Wildman–Crippen LogP) is 3.66. The molecule has 0 aliphatic heterocycles. The molecule has 2 aromatic rings. The normalized spacial score (nSPS) is 15.5. The number of nitrogens with two attached hydrogens (primary N) is 1. The van der Waals surface area contributed by atoms with Crippen LogP contribution in [0.15, 0.2) is 42.5 Å². The van der Waals surface area contributed by atoms with Crippen molar-refractivity contribution in [3.05, 3.63) is 64.7 Å². The first kappa shape index (κ1) is 13.2. The van der Waals surface area contributed by atoms with Gasteiger partial charge in [0.15, 0.2) is 0 Å². The van der Waals surface area contributed by atoms with Gasteiger partial charge in [0, 0.05) is 12.7 Å². The van der Waals surface area contributed by atoms with E-state index in [1.54, 1.807) is 0 Å². The fraction of sp³-hybridized carbons (Fsp3) is 0.333. The minimum atomic E-state index is -0.0341. The molecule has 0 saturated carbocycles. The van der Waals surface area contributed by atoms with Crippen molar-refractivity contribution in [3.8, 4) is 0 Å². The maximum atomic E-state index is 6.42. The van der Waals surface area contributed by atoms with E-state index in [9.17, 15) is 0 Å². The maximum absolute atomic E-state index is 6.42. The number of hydrogen-bond acceptors (Lipinski definition) is 2. The van der Waals surface area contributed by atoms with Gasteiger partial charge in [-0.05, 0) is 60.1 Å². The highest BCUT2D eigenvalue weighted by atomic mass is 14.8. The van der Waals surface area contributed by atoms with Gasteiger partial charge >= 0.3 is 0 Å². The highest BCUT2D eigenvalue weighted by molar-refractivity contribution is 5.46. The average molecular weight is 266 g/mol. The molecular weight excluding hydrogens is 244 g/mol. The van der Waals surface area contributed by atoms with Crippen LogP contribution < -0.4 is 11.1 Å². The summed E-state index contributed by atoms with van der Waals surface area (Å²) in [6, 6.07) is 15.1. The molecule has 2 nitrogen and oxygen atoms in total. The van der Waals surface area contributed by atoms with Crippen molar-refractivity contribution in [3.63, 3.8) is 0 Å². The Morgan fingerprint density at radius 3 is 2.25 bits per heavy atom. The number of anilines is 1. The molecule has 0 bridgehead atoms. The van der Waals surface area contributed by atoms with Crippen molar-refractivity contribution >= 4 is 5.69 Å². The fourth-order valence-corrected chi connectivity index (χ4v) is 3.00. The number of benzene rings is 2. The first-order chi connectivity index (χ1) is 9.78. The van der Waals surface area contributed by atoms with Gasteiger partial charge in [-0.2, -0.15) is 0 Å². The molecule has 2 heteroatoms. The number of hydrogen-bond donors (Lipinski definition) is 2. The van der Waals surface area contributed by atoms with E-state index < -0.39 is 0 Å². The van der Waals surface area contributed by atoms with Crippen LogP contribution in [0.1, 0.15) is 41.1 Å². The van der Waals surface area contributed by atoms with E-state index in [1.165, 1.54) is 47.9 Å². The summed E-state index contributed by atoms with van der Waals surface area (Å²) in [5.41, 5.74) is 12.9. The van der Waals surface area contributed by atoms with Gasteiger partial charge < -0.3 is 11.1 Å². The van der Waals surface area contributed by atoms with Gasteiger partial charge in [-0.3, -0.25) is 0 Å². The third-order valence-corrected chi connectivity index (χ3v) is 4.29. The second-order valence-corrected chi connectivity index (χ2v) is 5.58. The second-order valence-electron chi connectivity index (χ2n) is 5.58. The monoisotopic (exact) mass is 266 g/mol. The summed E-state index contributed by atoms with van der Waals surface area (Å²) in [6.07, 6.45) is 5.06. The average Bonchev–Trinajstić information content (AvgIpc) is 2.54. The quantitative estimate of drug-likeness (QED) is 0.890. The van der Waals surface area contributed by atoms with Gasteiger partial charge in [0.2, 0.25) is 0 Å². The zero-order chi connectivity index (χ0) is 13.9. The highest BCUT2D eigenvalue weighted by Gasteiger charge is 2.13. The Morgan fingerprint density at radius 2 is 1.55 bits per heavy atom. The van der Waals surface area contributed by atoms with E-state index >= 15 is 0 Å². The molecule has 2 aromatic carbocycles.